The van der Waals surface area contributed by atoms with E-state index in [1.54, 1.807) is 6.92 Å². The highest BCUT2D eigenvalue weighted by Crippen LogP contribution is 2.05. The third-order valence-electron chi connectivity index (χ3n) is 2.17. The van der Waals surface area contributed by atoms with E-state index in [1.165, 1.54) is 0 Å². The molecule has 0 spiro atoms. The first-order valence-electron chi connectivity index (χ1n) is 5.59. The van der Waals surface area contributed by atoms with Crippen LogP contribution in [0.15, 0.2) is 0 Å². The molecule has 0 bridgehead atoms. The highest BCUT2D eigenvalue weighted by molar-refractivity contribution is 5.74. The number of hydrogen-bond donors (Lipinski definition) is 3. The molecule has 98 valence electrons. The minimum atomic E-state index is -0.703. The van der Waals surface area contributed by atoms with Gasteiger partial charge in [0.15, 0.2) is 0 Å². The van der Waals surface area contributed by atoms with Crippen LogP contribution in [0.1, 0.15) is 13.3 Å². The maximum absolute atomic E-state index is 11.3. The van der Waals surface area contributed by atoms with Crippen LogP contribution in [-0.2, 0) is 14.3 Å². The smallest absolute Gasteiger partial charge is 0.315 e. The number of nitrogens with one attached hydrogen (secondary N) is 2. The summed E-state index contributed by atoms with van der Waals surface area (Å²) in [6.45, 7) is 2.56. The zero-order chi connectivity index (χ0) is 12.7. The summed E-state index contributed by atoms with van der Waals surface area (Å²) >= 11 is 0. The maximum Gasteiger partial charge on any atom is 0.315 e. The van der Waals surface area contributed by atoms with Gasteiger partial charge in [-0.15, -0.1) is 0 Å². The summed E-state index contributed by atoms with van der Waals surface area (Å²) < 4.78 is 9.80. The first-order valence-corrected chi connectivity index (χ1v) is 5.59. The molecule has 1 aliphatic rings. The van der Waals surface area contributed by atoms with Gasteiger partial charge in [-0.1, -0.05) is 6.92 Å². The molecule has 0 saturated carbocycles. The first-order chi connectivity index (χ1) is 8.15. The van der Waals surface area contributed by atoms with Crippen LogP contribution in [0, 0.1) is 0 Å². The Balaban J connectivity index is 2.11. The Kier molecular flexibility index (Phi) is 5.71. The average molecular weight is 246 g/mol. The number of esters is 1. The van der Waals surface area contributed by atoms with Gasteiger partial charge in [0, 0.05) is 13.0 Å². The van der Waals surface area contributed by atoms with Crippen LogP contribution in [0.3, 0.4) is 0 Å². The van der Waals surface area contributed by atoms with Crippen molar-refractivity contribution < 1.29 is 24.2 Å². The zero-order valence-electron chi connectivity index (χ0n) is 9.77. The van der Waals surface area contributed by atoms with Crippen molar-refractivity contribution >= 4 is 12.0 Å². The number of carbonyl (C=O) groups excluding carboxylic acids is 2. The second kappa shape index (κ2) is 7.08. The van der Waals surface area contributed by atoms with Gasteiger partial charge >= 0.3 is 12.0 Å². The normalized spacial score (nSPS) is 19.3. The van der Waals surface area contributed by atoms with Crippen molar-refractivity contribution in [1.29, 1.82) is 0 Å². The topological polar surface area (TPSA) is 100 Å². The fourth-order valence-electron chi connectivity index (χ4n) is 1.07. The van der Waals surface area contributed by atoms with Crippen molar-refractivity contribution in [3.05, 3.63) is 0 Å². The fraction of sp³-hybridized carbons (Fsp3) is 0.800. The summed E-state index contributed by atoms with van der Waals surface area (Å²) in [7, 11) is 0. The van der Waals surface area contributed by atoms with Gasteiger partial charge in [-0.3, -0.25) is 4.79 Å². The van der Waals surface area contributed by atoms with Gasteiger partial charge in [0.05, 0.1) is 25.9 Å². The molecular weight excluding hydrogens is 228 g/mol. The molecule has 2 unspecified atom stereocenters. The number of carbonyl (C=O) groups is 2. The van der Waals surface area contributed by atoms with Crippen molar-refractivity contribution in [3.63, 3.8) is 0 Å². The summed E-state index contributed by atoms with van der Waals surface area (Å²) in [4.78, 5) is 22.2. The lowest BCUT2D eigenvalue weighted by atomic mass is 10.3. The first kappa shape index (κ1) is 13.7. The van der Waals surface area contributed by atoms with Crippen LogP contribution in [0.5, 0.6) is 0 Å². The number of amides is 2. The van der Waals surface area contributed by atoms with Crippen LogP contribution in [0.4, 0.5) is 4.79 Å². The van der Waals surface area contributed by atoms with E-state index in [0.717, 1.165) is 0 Å². The van der Waals surface area contributed by atoms with Crippen molar-refractivity contribution in [2.24, 2.45) is 0 Å². The van der Waals surface area contributed by atoms with Crippen LogP contribution in [0.2, 0.25) is 0 Å². The fourth-order valence-corrected chi connectivity index (χ4v) is 1.07. The molecule has 2 amide bonds. The molecule has 7 heteroatoms. The predicted octanol–water partition coefficient (Wildman–Crippen LogP) is -1.00. The third-order valence-corrected chi connectivity index (χ3v) is 2.17. The molecule has 2 atom stereocenters. The number of rotatable bonds is 7. The van der Waals surface area contributed by atoms with Gasteiger partial charge in [0.2, 0.25) is 0 Å². The molecule has 0 aromatic rings. The molecule has 1 saturated heterocycles. The lowest BCUT2D eigenvalue weighted by Crippen LogP contribution is -2.43. The van der Waals surface area contributed by atoms with Crippen molar-refractivity contribution in [3.8, 4) is 0 Å². The van der Waals surface area contributed by atoms with Crippen molar-refractivity contribution in [2.75, 3.05) is 26.3 Å². The number of ether oxygens (including phenoxy) is 2. The van der Waals surface area contributed by atoms with E-state index in [2.05, 4.69) is 10.6 Å². The van der Waals surface area contributed by atoms with Crippen LogP contribution in [-0.4, -0.2) is 55.6 Å². The Bertz CT molecular complexity index is 267. The molecule has 1 fully saturated rings. The number of urea groups is 1. The van der Waals surface area contributed by atoms with E-state index >= 15 is 0 Å². The van der Waals surface area contributed by atoms with Crippen LogP contribution >= 0.6 is 0 Å². The van der Waals surface area contributed by atoms with E-state index in [4.69, 9.17) is 14.6 Å². The zero-order valence-corrected chi connectivity index (χ0v) is 9.77. The molecular formula is C10H18N2O5. The molecule has 0 aromatic heterocycles. The summed E-state index contributed by atoms with van der Waals surface area (Å²) in [5.74, 6) is -0.405. The van der Waals surface area contributed by atoms with Crippen molar-refractivity contribution in [2.45, 2.75) is 25.6 Å². The summed E-state index contributed by atoms with van der Waals surface area (Å²) in [6.07, 6.45) is -0.348. The largest absolute Gasteiger partial charge is 0.458 e. The number of aliphatic hydroxyl groups excluding tert-OH is 1. The molecule has 0 radical (unpaired) electrons. The summed E-state index contributed by atoms with van der Waals surface area (Å²) in [6, 6.07) is -0.369. The molecule has 1 heterocycles. The van der Waals surface area contributed by atoms with Gasteiger partial charge in [0.1, 0.15) is 6.10 Å². The second-order valence-electron chi connectivity index (χ2n) is 3.69. The number of epoxide rings is 1. The standard InChI is InChI=1S/C10H18N2O5/c1-2-9(14)17-7(5-13)3-11-10(15)12-4-8-6-16-8/h7-8,13H,2-6H2,1H3,(H2,11,12,15). The Labute approximate surface area is 99.5 Å². The van der Waals surface area contributed by atoms with E-state index in [9.17, 15) is 9.59 Å². The number of aliphatic hydroxyl groups is 1. The highest BCUT2D eigenvalue weighted by Gasteiger charge is 2.22. The molecule has 0 aliphatic carbocycles. The second-order valence-corrected chi connectivity index (χ2v) is 3.69. The van der Waals surface area contributed by atoms with E-state index in [-0.39, 0.29) is 31.7 Å². The average Bonchev–Trinajstić information content (AvgIpc) is 3.15. The Morgan fingerprint density at radius 2 is 2.24 bits per heavy atom. The van der Waals surface area contributed by atoms with Gasteiger partial charge in [0.25, 0.3) is 0 Å². The summed E-state index contributed by atoms with van der Waals surface area (Å²) in [5, 5.41) is 14.0. The monoisotopic (exact) mass is 246 g/mol. The molecule has 7 nitrogen and oxygen atoms in total. The van der Waals surface area contributed by atoms with E-state index < -0.39 is 12.1 Å². The predicted molar refractivity (Wildman–Crippen MR) is 58.4 cm³/mol. The third kappa shape index (κ3) is 6.08. The molecule has 1 aliphatic heterocycles. The van der Waals surface area contributed by atoms with Crippen molar-refractivity contribution in [1.82, 2.24) is 10.6 Å². The molecule has 1 rings (SSSR count). The minimum Gasteiger partial charge on any atom is -0.458 e. The van der Waals surface area contributed by atoms with Gasteiger partial charge in [-0.2, -0.15) is 0 Å². The molecule has 3 N–H and O–H groups in total. The highest BCUT2D eigenvalue weighted by atomic mass is 16.6. The van der Waals surface area contributed by atoms with Gasteiger partial charge < -0.3 is 25.2 Å². The Morgan fingerprint density at radius 3 is 2.76 bits per heavy atom. The van der Waals surface area contributed by atoms with Crippen LogP contribution in [0.25, 0.3) is 0 Å². The Morgan fingerprint density at radius 1 is 1.53 bits per heavy atom. The van der Waals surface area contributed by atoms with Gasteiger partial charge in [-0.25, -0.2) is 4.79 Å². The maximum atomic E-state index is 11.3. The van der Waals surface area contributed by atoms with Gasteiger partial charge in [-0.05, 0) is 0 Å². The number of hydrogen-bond acceptors (Lipinski definition) is 5. The lowest BCUT2D eigenvalue weighted by Gasteiger charge is -2.15. The van der Waals surface area contributed by atoms with Crippen LogP contribution < -0.4 is 10.6 Å². The van der Waals surface area contributed by atoms with E-state index in [1.807, 2.05) is 0 Å². The molecule has 17 heavy (non-hydrogen) atoms. The lowest BCUT2D eigenvalue weighted by molar-refractivity contribution is -0.150. The molecule has 0 aromatic carbocycles. The quantitative estimate of drug-likeness (QED) is 0.395. The minimum absolute atomic E-state index is 0.0829. The summed E-state index contributed by atoms with van der Waals surface area (Å²) in [5.41, 5.74) is 0. The SMILES string of the molecule is CCC(=O)OC(CO)CNC(=O)NCC1CO1. The van der Waals surface area contributed by atoms with E-state index in [0.29, 0.717) is 13.2 Å². The Hall–Kier alpha value is -1.34.